The molecule has 0 aliphatic carbocycles. The van der Waals surface area contributed by atoms with Gasteiger partial charge in [-0.05, 0) is 36.4 Å². The number of anilines is 2. The van der Waals surface area contributed by atoms with E-state index in [1.165, 1.54) is 55.6 Å². The number of esters is 1. The van der Waals surface area contributed by atoms with Crippen LogP contribution in [-0.4, -0.2) is 43.7 Å². The average Bonchev–Trinajstić information content (AvgIpc) is 2.87. The van der Waals surface area contributed by atoms with Crippen molar-refractivity contribution in [1.82, 2.24) is 0 Å². The Morgan fingerprint density at radius 3 is 2.43 bits per heavy atom. The Morgan fingerprint density at radius 2 is 1.80 bits per heavy atom. The van der Waals surface area contributed by atoms with Crippen LogP contribution in [-0.2, 0) is 14.3 Å². The summed E-state index contributed by atoms with van der Waals surface area (Å²) in [5.41, 5.74) is 0.282. The number of amides is 2. The first-order valence-corrected chi connectivity index (χ1v) is 8.79. The fraction of sp³-hybridized carbons (Fsp3) is 0.250. The normalized spacial score (nSPS) is 16.2. The zero-order valence-corrected chi connectivity index (χ0v) is 15.7. The van der Waals surface area contributed by atoms with Crippen LogP contribution in [0.1, 0.15) is 16.8 Å². The second-order valence-corrected chi connectivity index (χ2v) is 6.40. The third-order valence-electron chi connectivity index (χ3n) is 4.41. The SMILES string of the molecule is COC(=O)c1ccc(OCC(=O)N2c3ccccc3NC(=O)CC2C(F)(F)F)cc1. The number of benzene rings is 2. The van der Waals surface area contributed by atoms with Crippen LogP contribution < -0.4 is 15.0 Å². The molecule has 2 aromatic carbocycles. The highest BCUT2D eigenvalue weighted by Crippen LogP contribution is 2.37. The maximum absolute atomic E-state index is 13.7. The topological polar surface area (TPSA) is 84.9 Å². The second kappa shape index (κ2) is 8.44. The molecule has 0 bridgehead atoms. The quantitative estimate of drug-likeness (QED) is 0.766. The van der Waals surface area contributed by atoms with Crippen molar-refractivity contribution in [2.75, 3.05) is 23.9 Å². The Bertz CT molecular complexity index is 960. The Hall–Kier alpha value is -3.56. The summed E-state index contributed by atoms with van der Waals surface area (Å²) in [7, 11) is 1.22. The van der Waals surface area contributed by atoms with Gasteiger partial charge in [0.1, 0.15) is 11.8 Å². The van der Waals surface area contributed by atoms with E-state index in [1.54, 1.807) is 0 Å². The van der Waals surface area contributed by atoms with Crippen molar-refractivity contribution in [3.05, 3.63) is 54.1 Å². The molecule has 1 aliphatic rings. The maximum Gasteiger partial charge on any atom is 0.409 e. The van der Waals surface area contributed by atoms with Gasteiger partial charge >= 0.3 is 12.1 Å². The lowest BCUT2D eigenvalue weighted by Gasteiger charge is -2.31. The summed E-state index contributed by atoms with van der Waals surface area (Å²) < 4.78 is 50.9. The first-order chi connectivity index (χ1) is 14.2. The molecule has 1 atom stereocenters. The van der Waals surface area contributed by atoms with Gasteiger partial charge in [0.05, 0.1) is 30.5 Å². The van der Waals surface area contributed by atoms with E-state index in [9.17, 15) is 27.6 Å². The molecule has 30 heavy (non-hydrogen) atoms. The van der Waals surface area contributed by atoms with Crippen LogP contribution in [0.2, 0.25) is 0 Å². The van der Waals surface area contributed by atoms with Crippen molar-refractivity contribution < 1.29 is 37.0 Å². The summed E-state index contributed by atoms with van der Waals surface area (Å²) in [6.07, 6.45) is -5.76. The first-order valence-electron chi connectivity index (χ1n) is 8.79. The molecule has 1 aliphatic heterocycles. The number of hydrogen-bond acceptors (Lipinski definition) is 5. The van der Waals surface area contributed by atoms with Crippen LogP contribution in [0.5, 0.6) is 5.75 Å². The Balaban J connectivity index is 1.84. The molecule has 158 valence electrons. The largest absolute Gasteiger partial charge is 0.484 e. The lowest BCUT2D eigenvalue weighted by molar-refractivity contribution is -0.158. The minimum Gasteiger partial charge on any atom is -0.484 e. The average molecular weight is 422 g/mol. The van der Waals surface area contributed by atoms with Crippen molar-refractivity contribution in [2.24, 2.45) is 0 Å². The number of ether oxygens (including phenoxy) is 2. The molecule has 0 aromatic heterocycles. The molecule has 1 N–H and O–H groups in total. The number of nitrogens with zero attached hydrogens (tertiary/aromatic N) is 1. The Labute approximate surface area is 169 Å². The molecule has 0 spiro atoms. The van der Waals surface area contributed by atoms with Gasteiger partial charge in [0.2, 0.25) is 5.91 Å². The van der Waals surface area contributed by atoms with Gasteiger partial charge in [-0.1, -0.05) is 12.1 Å². The van der Waals surface area contributed by atoms with Gasteiger partial charge in [-0.2, -0.15) is 13.2 Å². The molecular weight excluding hydrogens is 405 g/mol. The van der Waals surface area contributed by atoms with Crippen LogP contribution in [0, 0.1) is 0 Å². The summed E-state index contributed by atoms with van der Waals surface area (Å²) in [5, 5.41) is 2.39. The maximum atomic E-state index is 13.7. The van der Waals surface area contributed by atoms with Crippen LogP contribution in [0.3, 0.4) is 0 Å². The van der Waals surface area contributed by atoms with E-state index >= 15 is 0 Å². The summed E-state index contributed by atoms with van der Waals surface area (Å²) >= 11 is 0. The van der Waals surface area contributed by atoms with Crippen LogP contribution >= 0.6 is 0 Å². The number of carbonyl (C=O) groups excluding carboxylic acids is 3. The number of hydrogen-bond donors (Lipinski definition) is 1. The van der Waals surface area contributed by atoms with Gasteiger partial charge in [-0.3, -0.25) is 14.5 Å². The van der Waals surface area contributed by atoms with Crippen molar-refractivity contribution in [2.45, 2.75) is 18.6 Å². The molecular formula is C20H17F3N2O5. The third kappa shape index (κ3) is 4.53. The molecule has 1 heterocycles. The van der Waals surface area contributed by atoms with E-state index in [0.717, 1.165) is 0 Å². The molecule has 0 saturated carbocycles. The molecule has 7 nitrogen and oxygen atoms in total. The predicted molar refractivity (Wildman–Crippen MR) is 100 cm³/mol. The van der Waals surface area contributed by atoms with E-state index in [2.05, 4.69) is 10.1 Å². The number of fused-ring (bicyclic) bond motifs is 1. The number of methoxy groups -OCH3 is 1. The fourth-order valence-corrected chi connectivity index (χ4v) is 3.02. The zero-order chi connectivity index (χ0) is 21.9. The van der Waals surface area contributed by atoms with E-state index in [0.29, 0.717) is 4.90 Å². The van der Waals surface area contributed by atoms with Crippen molar-refractivity contribution in [1.29, 1.82) is 0 Å². The highest BCUT2D eigenvalue weighted by Gasteiger charge is 2.49. The van der Waals surface area contributed by atoms with E-state index in [4.69, 9.17) is 4.74 Å². The van der Waals surface area contributed by atoms with Gasteiger partial charge in [0.15, 0.2) is 6.61 Å². The van der Waals surface area contributed by atoms with E-state index < -0.39 is 43.0 Å². The third-order valence-corrected chi connectivity index (χ3v) is 4.41. The van der Waals surface area contributed by atoms with Crippen LogP contribution in [0.25, 0.3) is 0 Å². The summed E-state index contributed by atoms with van der Waals surface area (Å²) in [4.78, 5) is 36.7. The summed E-state index contributed by atoms with van der Waals surface area (Å²) in [6, 6.07) is 8.98. The zero-order valence-electron chi connectivity index (χ0n) is 15.7. The molecule has 0 radical (unpaired) electrons. The molecule has 3 rings (SSSR count). The van der Waals surface area contributed by atoms with Gasteiger partial charge in [-0.15, -0.1) is 0 Å². The highest BCUT2D eigenvalue weighted by atomic mass is 19.4. The second-order valence-electron chi connectivity index (χ2n) is 6.40. The Morgan fingerprint density at radius 1 is 1.13 bits per heavy atom. The lowest BCUT2D eigenvalue weighted by Crippen LogP contribution is -2.51. The summed E-state index contributed by atoms with van der Waals surface area (Å²) in [6.45, 7) is -0.702. The van der Waals surface area contributed by atoms with Crippen molar-refractivity contribution in [3.8, 4) is 5.75 Å². The van der Waals surface area contributed by atoms with Gasteiger partial charge in [-0.25, -0.2) is 4.79 Å². The van der Waals surface area contributed by atoms with Crippen molar-refractivity contribution >= 4 is 29.2 Å². The molecule has 2 aromatic rings. The molecule has 2 amide bonds. The molecule has 0 saturated heterocycles. The van der Waals surface area contributed by atoms with E-state index in [-0.39, 0.29) is 22.7 Å². The minimum atomic E-state index is -4.83. The van der Waals surface area contributed by atoms with Crippen molar-refractivity contribution in [3.63, 3.8) is 0 Å². The monoisotopic (exact) mass is 422 g/mol. The number of carbonyl (C=O) groups is 3. The number of rotatable bonds is 4. The Kier molecular flexibility index (Phi) is 5.95. The minimum absolute atomic E-state index is 0.0692. The van der Waals surface area contributed by atoms with Crippen LogP contribution in [0.4, 0.5) is 24.5 Å². The number of nitrogens with one attached hydrogen (secondary N) is 1. The number of alkyl halides is 3. The van der Waals surface area contributed by atoms with Gasteiger partial charge < -0.3 is 14.8 Å². The molecule has 0 fully saturated rings. The molecule has 1 unspecified atom stereocenters. The lowest BCUT2D eigenvalue weighted by atomic mass is 10.1. The summed E-state index contributed by atoms with van der Waals surface area (Å²) in [5.74, 6) is -2.21. The smallest absolute Gasteiger partial charge is 0.409 e. The molecule has 10 heteroatoms. The standard InChI is InChI=1S/C20H17F3N2O5/c1-29-19(28)12-6-8-13(9-7-12)30-11-18(27)25-15-5-3-2-4-14(15)24-17(26)10-16(25)20(21,22)23/h2-9,16H,10-11H2,1H3,(H,24,26). The van der Waals surface area contributed by atoms with Gasteiger partial charge in [0, 0.05) is 0 Å². The number of para-hydroxylation sites is 2. The van der Waals surface area contributed by atoms with Crippen LogP contribution in [0.15, 0.2) is 48.5 Å². The number of halogens is 3. The van der Waals surface area contributed by atoms with E-state index in [1.807, 2.05) is 0 Å². The fourth-order valence-electron chi connectivity index (χ4n) is 3.02. The predicted octanol–water partition coefficient (Wildman–Crippen LogP) is 3.16. The first kappa shape index (κ1) is 21.2. The highest BCUT2D eigenvalue weighted by molar-refractivity contribution is 6.05. The van der Waals surface area contributed by atoms with Gasteiger partial charge in [0.25, 0.3) is 5.91 Å².